The zero-order chi connectivity index (χ0) is 10.7. The number of nitrogen functional groups attached to an aromatic ring is 1. The van der Waals surface area contributed by atoms with Crippen LogP contribution in [-0.4, -0.2) is 30.0 Å². The third kappa shape index (κ3) is 2.23. The molecule has 1 aromatic rings. The average molecular weight is 194 g/mol. The Labute approximate surface area is 82.9 Å². The summed E-state index contributed by atoms with van der Waals surface area (Å²) in [5, 5.41) is 9.62. The van der Waals surface area contributed by atoms with Gasteiger partial charge in [0.05, 0.1) is 0 Å². The van der Waals surface area contributed by atoms with Crippen molar-refractivity contribution in [2.45, 2.75) is 6.10 Å². The quantitative estimate of drug-likeness (QED) is 0.669. The molecule has 0 aliphatic carbocycles. The molecule has 0 aliphatic heterocycles. The Morgan fingerprint density at radius 1 is 1.36 bits per heavy atom. The van der Waals surface area contributed by atoms with E-state index in [0.717, 1.165) is 0 Å². The van der Waals surface area contributed by atoms with E-state index in [1.165, 1.54) is 4.90 Å². The number of carbonyl (C=O) groups excluding carboxylic acids is 1. The molecule has 4 nitrogen and oxygen atoms in total. The van der Waals surface area contributed by atoms with E-state index in [2.05, 4.69) is 0 Å². The summed E-state index contributed by atoms with van der Waals surface area (Å²) >= 11 is 0. The van der Waals surface area contributed by atoms with Crippen molar-refractivity contribution in [1.29, 1.82) is 0 Å². The van der Waals surface area contributed by atoms with Crippen LogP contribution in [-0.2, 0) is 4.79 Å². The lowest BCUT2D eigenvalue weighted by molar-refractivity contribution is -0.137. The van der Waals surface area contributed by atoms with Gasteiger partial charge in [0.1, 0.15) is 0 Å². The van der Waals surface area contributed by atoms with Crippen LogP contribution in [0.3, 0.4) is 0 Å². The van der Waals surface area contributed by atoms with Crippen molar-refractivity contribution in [3.05, 3.63) is 29.8 Å². The van der Waals surface area contributed by atoms with E-state index < -0.39 is 6.10 Å². The number of likely N-dealkylation sites (N-methyl/N-ethyl adjacent to an activating group) is 1. The fourth-order valence-electron chi connectivity index (χ4n) is 1.07. The van der Waals surface area contributed by atoms with E-state index >= 15 is 0 Å². The third-order valence-electron chi connectivity index (χ3n) is 1.93. The highest BCUT2D eigenvalue weighted by atomic mass is 16.3. The number of hydrogen-bond acceptors (Lipinski definition) is 3. The normalized spacial score (nSPS) is 12.2. The first kappa shape index (κ1) is 10.5. The van der Waals surface area contributed by atoms with Crippen LogP contribution in [0, 0.1) is 0 Å². The Hall–Kier alpha value is -1.55. The van der Waals surface area contributed by atoms with Crippen LogP contribution in [0.2, 0.25) is 0 Å². The molecule has 76 valence electrons. The molecule has 1 amide bonds. The average Bonchev–Trinajstić information content (AvgIpc) is 2.16. The highest BCUT2D eigenvalue weighted by Crippen LogP contribution is 2.16. The monoisotopic (exact) mass is 194 g/mol. The van der Waals surface area contributed by atoms with Crippen molar-refractivity contribution < 1.29 is 9.90 Å². The van der Waals surface area contributed by atoms with Crippen LogP contribution in [0.15, 0.2) is 24.3 Å². The van der Waals surface area contributed by atoms with Crippen LogP contribution < -0.4 is 5.73 Å². The van der Waals surface area contributed by atoms with Crippen LogP contribution in [0.5, 0.6) is 0 Å². The minimum absolute atomic E-state index is 0.338. The number of amides is 1. The van der Waals surface area contributed by atoms with E-state index in [-0.39, 0.29) is 5.91 Å². The minimum atomic E-state index is -1.11. The molecule has 0 fully saturated rings. The molecular formula is C10H14N2O2. The van der Waals surface area contributed by atoms with Crippen molar-refractivity contribution >= 4 is 11.6 Å². The lowest BCUT2D eigenvalue weighted by Crippen LogP contribution is -2.27. The highest BCUT2D eigenvalue weighted by molar-refractivity contribution is 5.81. The molecule has 0 spiro atoms. The second-order valence-electron chi connectivity index (χ2n) is 3.30. The van der Waals surface area contributed by atoms with Gasteiger partial charge in [-0.2, -0.15) is 0 Å². The molecule has 0 heterocycles. The van der Waals surface area contributed by atoms with E-state index in [1.54, 1.807) is 38.4 Å². The summed E-state index contributed by atoms with van der Waals surface area (Å²) in [7, 11) is 3.20. The van der Waals surface area contributed by atoms with E-state index in [9.17, 15) is 9.90 Å². The SMILES string of the molecule is CN(C)C(=O)C(O)c1ccc(N)cc1. The van der Waals surface area contributed by atoms with Crippen molar-refractivity contribution in [1.82, 2.24) is 4.90 Å². The van der Waals surface area contributed by atoms with Crippen molar-refractivity contribution in [3.8, 4) is 0 Å². The number of benzene rings is 1. The van der Waals surface area contributed by atoms with Crippen LogP contribution in [0.25, 0.3) is 0 Å². The zero-order valence-corrected chi connectivity index (χ0v) is 8.27. The molecular weight excluding hydrogens is 180 g/mol. The number of aliphatic hydroxyl groups excluding tert-OH is 1. The summed E-state index contributed by atoms with van der Waals surface area (Å²) in [5.74, 6) is -0.338. The van der Waals surface area contributed by atoms with Gasteiger partial charge in [0, 0.05) is 19.8 Å². The molecule has 0 radical (unpaired) electrons. The maximum atomic E-state index is 11.4. The standard InChI is InChI=1S/C10H14N2O2/c1-12(2)10(14)9(13)7-3-5-8(11)6-4-7/h3-6,9,13H,11H2,1-2H3. The third-order valence-corrected chi connectivity index (χ3v) is 1.93. The van der Waals surface area contributed by atoms with Gasteiger partial charge in [-0.1, -0.05) is 12.1 Å². The van der Waals surface area contributed by atoms with Crippen molar-refractivity contribution in [2.75, 3.05) is 19.8 Å². The van der Waals surface area contributed by atoms with Gasteiger partial charge in [0.2, 0.25) is 0 Å². The van der Waals surface area contributed by atoms with E-state index in [0.29, 0.717) is 11.3 Å². The summed E-state index contributed by atoms with van der Waals surface area (Å²) < 4.78 is 0. The van der Waals surface area contributed by atoms with Crippen LogP contribution >= 0.6 is 0 Å². The van der Waals surface area contributed by atoms with Gasteiger partial charge in [-0.15, -0.1) is 0 Å². The number of aliphatic hydroxyl groups is 1. The molecule has 1 aromatic carbocycles. The maximum Gasteiger partial charge on any atom is 0.255 e. The number of nitrogens with two attached hydrogens (primary N) is 1. The van der Waals surface area contributed by atoms with Crippen LogP contribution in [0.4, 0.5) is 5.69 Å². The van der Waals surface area contributed by atoms with E-state index in [4.69, 9.17) is 5.73 Å². The van der Waals surface area contributed by atoms with Gasteiger partial charge in [0.15, 0.2) is 6.10 Å². The molecule has 14 heavy (non-hydrogen) atoms. The molecule has 0 aliphatic rings. The summed E-state index contributed by atoms with van der Waals surface area (Å²) in [6, 6.07) is 6.59. The van der Waals surface area contributed by atoms with Crippen LogP contribution in [0.1, 0.15) is 11.7 Å². The van der Waals surface area contributed by atoms with Gasteiger partial charge in [-0.3, -0.25) is 4.79 Å². The lowest BCUT2D eigenvalue weighted by atomic mass is 10.1. The zero-order valence-electron chi connectivity index (χ0n) is 8.27. The first-order valence-corrected chi connectivity index (χ1v) is 4.27. The molecule has 1 unspecified atom stereocenters. The first-order chi connectivity index (χ1) is 6.52. The number of nitrogens with zero attached hydrogens (tertiary/aromatic N) is 1. The molecule has 0 bridgehead atoms. The second-order valence-corrected chi connectivity index (χ2v) is 3.30. The van der Waals surface area contributed by atoms with Gasteiger partial charge in [-0.05, 0) is 17.7 Å². The Bertz CT molecular complexity index is 319. The lowest BCUT2D eigenvalue weighted by Gasteiger charge is -2.15. The smallest absolute Gasteiger partial charge is 0.255 e. The van der Waals surface area contributed by atoms with Gasteiger partial charge in [-0.25, -0.2) is 0 Å². The number of hydrogen-bond donors (Lipinski definition) is 2. The fourth-order valence-corrected chi connectivity index (χ4v) is 1.07. The summed E-state index contributed by atoms with van der Waals surface area (Å²) in [5.41, 5.74) is 6.65. The fraction of sp³-hybridized carbons (Fsp3) is 0.300. The predicted octanol–water partition coefficient (Wildman–Crippen LogP) is 0.390. The molecule has 0 aromatic heterocycles. The van der Waals surface area contributed by atoms with Gasteiger partial charge in [0.25, 0.3) is 5.91 Å². The summed E-state index contributed by atoms with van der Waals surface area (Å²) in [6.45, 7) is 0. The topological polar surface area (TPSA) is 66.6 Å². The number of carbonyl (C=O) groups is 1. The summed E-state index contributed by atoms with van der Waals surface area (Å²) in [4.78, 5) is 12.7. The first-order valence-electron chi connectivity index (χ1n) is 4.27. The Balaban J connectivity index is 2.84. The molecule has 4 heteroatoms. The van der Waals surface area contributed by atoms with Crippen molar-refractivity contribution in [2.24, 2.45) is 0 Å². The maximum absolute atomic E-state index is 11.4. The second kappa shape index (κ2) is 4.11. The Morgan fingerprint density at radius 2 is 1.86 bits per heavy atom. The summed E-state index contributed by atoms with van der Waals surface area (Å²) in [6.07, 6.45) is -1.11. The largest absolute Gasteiger partial charge is 0.399 e. The minimum Gasteiger partial charge on any atom is -0.399 e. The van der Waals surface area contributed by atoms with E-state index in [1.807, 2.05) is 0 Å². The Morgan fingerprint density at radius 3 is 2.29 bits per heavy atom. The highest BCUT2D eigenvalue weighted by Gasteiger charge is 2.18. The van der Waals surface area contributed by atoms with Crippen molar-refractivity contribution in [3.63, 3.8) is 0 Å². The number of rotatable bonds is 2. The molecule has 1 rings (SSSR count). The van der Waals surface area contributed by atoms with Gasteiger partial charge < -0.3 is 15.7 Å². The molecule has 0 saturated carbocycles. The predicted molar refractivity (Wildman–Crippen MR) is 54.5 cm³/mol. The molecule has 0 saturated heterocycles. The molecule has 1 atom stereocenters. The van der Waals surface area contributed by atoms with Gasteiger partial charge >= 0.3 is 0 Å². The molecule has 3 N–H and O–H groups in total. The number of anilines is 1. The Kier molecular flexibility index (Phi) is 3.09.